The zero-order valence-corrected chi connectivity index (χ0v) is 11.3. The molecule has 20 heavy (non-hydrogen) atoms. The number of benzene rings is 2. The number of amides is 1. The molecule has 104 valence electrons. The molecule has 0 bridgehead atoms. The normalized spacial score (nSPS) is 10.3. The molecule has 0 fully saturated rings. The molecule has 0 aliphatic rings. The van der Waals surface area contributed by atoms with Gasteiger partial charge in [-0.25, -0.2) is 4.39 Å². The number of nitrogens with one attached hydrogen (secondary N) is 1. The molecule has 2 aromatic rings. The number of aryl methyl sites for hydroxylation is 2. The van der Waals surface area contributed by atoms with Crippen molar-refractivity contribution in [2.24, 2.45) is 0 Å². The number of hydrogen-bond acceptors (Lipinski definition) is 2. The summed E-state index contributed by atoms with van der Waals surface area (Å²) in [6.45, 7) is 2.02. The second kappa shape index (κ2) is 6.19. The van der Waals surface area contributed by atoms with Crippen LogP contribution in [0, 0.1) is 12.7 Å². The Labute approximate surface area is 117 Å². The third-order valence-corrected chi connectivity index (χ3v) is 3.04. The van der Waals surface area contributed by atoms with Crippen molar-refractivity contribution in [1.82, 2.24) is 0 Å². The molecule has 4 heteroatoms. The smallest absolute Gasteiger partial charge is 0.224 e. The van der Waals surface area contributed by atoms with Crippen molar-refractivity contribution >= 4 is 17.3 Å². The summed E-state index contributed by atoms with van der Waals surface area (Å²) >= 11 is 0. The second-order valence-electron chi connectivity index (χ2n) is 4.77. The number of nitrogen functional groups attached to an aromatic ring is 1. The molecule has 0 radical (unpaired) electrons. The maximum absolute atomic E-state index is 13.0. The summed E-state index contributed by atoms with van der Waals surface area (Å²) in [5, 5.41) is 2.71. The van der Waals surface area contributed by atoms with E-state index in [1.165, 1.54) is 23.8 Å². The van der Waals surface area contributed by atoms with Crippen molar-refractivity contribution in [2.45, 2.75) is 19.8 Å². The Hall–Kier alpha value is -2.36. The van der Waals surface area contributed by atoms with Crippen LogP contribution < -0.4 is 11.1 Å². The Morgan fingerprint density at radius 1 is 1.20 bits per heavy atom. The van der Waals surface area contributed by atoms with Gasteiger partial charge in [-0.15, -0.1) is 0 Å². The van der Waals surface area contributed by atoms with Crippen LogP contribution in [0.1, 0.15) is 17.5 Å². The van der Waals surface area contributed by atoms with Gasteiger partial charge in [0.1, 0.15) is 5.82 Å². The maximum Gasteiger partial charge on any atom is 0.224 e. The molecule has 0 saturated heterocycles. The van der Waals surface area contributed by atoms with Gasteiger partial charge in [0.15, 0.2) is 0 Å². The van der Waals surface area contributed by atoms with Gasteiger partial charge in [-0.2, -0.15) is 0 Å². The Morgan fingerprint density at radius 3 is 2.55 bits per heavy atom. The van der Waals surface area contributed by atoms with Crippen LogP contribution in [0.2, 0.25) is 0 Å². The summed E-state index contributed by atoms with van der Waals surface area (Å²) in [5.74, 6) is -0.598. The first kappa shape index (κ1) is 14.1. The molecule has 0 atom stereocenters. The molecule has 1 amide bonds. The van der Waals surface area contributed by atoms with Crippen molar-refractivity contribution in [1.29, 1.82) is 0 Å². The monoisotopic (exact) mass is 272 g/mol. The number of hydrogen-bond donors (Lipinski definition) is 2. The highest BCUT2D eigenvalue weighted by molar-refractivity contribution is 5.91. The van der Waals surface area contributed by atoms with Gasteiger partial charge in [-0.1, -0.05) is 29.8 Å². The van der Waals surface area contributed by atoms with Crippen LogP contribution >= 0.6 is 0 Å². The lowest BCUT2D eigenvalue weighted by molar-refractivity contribution is -0.116. The summed E-state index contributed by atoms with van der Waals surface area (Å²) in [6.07, 6.45) is 1.04. The lowest BCUT2D eigenvalue weighted by Crippen LogP contribution is -2.12. The highest BCUT2D eigenvalue weighted by Gasteiger charge is 2.05. The van der Waals surface area contributed by atoms with Gasteiger partial charge in [0.05, 0.1) is 5.69 Å². The Bertz CT molecular complexity index is 608. The molecule has 0 aliphatic carbocycles. The Kier molecular flexibility index (Phi) is 4.35. The standard InChI is InChI=1S/C16H17FN2O/c1-11-2-4-12(5-3-11)6-9-16(20)19-13-7-8-14(17)15(18)10-13/h2-5,7-8,10H,6,9,18H2,1H3,(H,19,20). The van der Waals surface area contributed by atoms with E-state index in [0.29, 0.717) is 18.5 Å². The average Bonchev–Trinajstić information content (AvgIpc) is 2.42. The van der Waals surface area contributed by atoms with E-state index in [1.807, 2.05) is 31.2 Å². The zero-order valence-electron chi connectivity index (χ0n) is 11.3. The summed E-state index contributed by atoms with van der Waals surface area (Å²) in [5.41, 5.74) is 8.30. The van der Waals surface area contributed by atoms with E-state index in [2.05, 4.69) is 5.32 Å². The summed E-state index contributed by atoms with van der Waals surface area (Å²) in [4.78, 5) is 11.8. The number of halogens is 1. The molecule has 3 N–H and O–H groups in total. The molecular formula is C16H17FN2O. The highest BCUT2D eigenvalue weighted by atomic mass is 19.1. The van der Waals surface area contributed by atoms with Gasteiger partial charge in [-0.3, -0.25) is 4.79 Å². The highest BCUT2D eigenvalue weighted by Crippen LogP contribution is 2.16. The van der Waals surface area contributed by atoms with Crippen molar-refractivity contribution in [3.8, 4) is 0 Å². The first-order valence-electron chi connectivity index (χ1n) is 6.45. The van der Waals surface area contributed by atoms with E-state index in [0.717, 1.165) is 5.56 Å². The fourth-order valence-electron chi connectivity index (χ4n) is 1.86. The molecule has 3 nitrogen and oxygen atoms in total. The van der Waals surface area contributed by atoms with E-state index >= 15 is 0 Å². The summed E-state index contributed by atoms with van der Waals surface area (Å²) in [6, 6.07) is 12.2. The number of carbonyl (C=O) groups excluding carboxylic acids is 1. The quantitative estimate of drug-likeness (QED) is 0.839. The molecule has 0 aliphatic heterocycles. The molecule has 0 heterocycles. The van der Waals surface area contributed by atoms with Crippen LogP contribution in [-0.4, -0.2) is 5.91 Å². The van der Waals surface area contributed by atoms with Crippen LogP contribution in [-0.2, 0) is 11.2 Å². The fraction of sp³-hybridized carbons (Fsp3) is 0.188. The van der Waals surface area contributed by atoms with E-state index in [9.17, 15) is 9.18 Å². The minimum absolute atomic E-state index is 0.0290. The van der Waals surface area contributed by atoms with Gasteiger partial charge in [0, 0.05) is 12.1 Å². The van der Waals surface area contributed by atoms with Crippen LogP contribution in [0.5, 0.6) is 0 Å². The number of nitrogens with two attached hydrogens (primary N) is 1. The summed E-state index contributed by atoms with van der Waals surface area (Å²) in [7, 11) is 0. The molecule has 0 unspecified atom stereocenters. The number of carbonyl (C=O) groups is 1. The molecule has 0 spiro atoms. The minimum Gasteiger partial charge on any atom is -0.396 e. The third-order valence-electron chi connectivity index (χ3n) is 3.04. The van der Waals surface area contributed by atoms with E-state index < -0.39 is 5.82 Å². The SMILES string of the molecule is Cc1ccc(CCC(=O)Nc2ccc(F)c(N)c2)cc1. The first-order valence-corrected chi connectivity index (χ1v) is 6.45. The van der Waals surface area contributed by atoms with Crippen LogP contribution in [0.25, 0.3) is 0 Å². The predicted octanol–water partition coefficient (Wildman–Crippen LogP) is 3.29. The predicted molar refractivity (Wildman–Crippen MR) is 78.9 cm³/mol. The van der Waals surface area contributed by atoms with Crippen LogP contribution in [0.4, 0.5) is 15.8 Å². The van der Waals surface area contributed by atoms with E-state index in [1.54, 1.807) is 0 Å². The van der Waals surface area contributed by atoms with Gasteiger partial charge in [0.25, 0.3) is 0 Å². The van der Waals surface area contributed by atoms with Crippen molar-refractivity contribution in [3.05, 3.63) is 59.4 Å². The van der Waals surface area contributed by atoms with Crippen molar-refractivity contribution in [2.75, 3.05) is 11.1 Å². The fourth-order valence-corrected chi connectivity index (χ4v) is 1.86. The lowest BCUT2D eigenvalue weighted by Gasteiger charge is -2.07. The van der Waals surface area contributed by atoms with Crippen molar-refractivity contribution in [3.63, 3.8) is 0 Å². The van der Waals surface area contributed by atoms with Gasteiger partial charge in [0.2, 0.25) is 5.91 Å². The first-order chi connectivity index (χ1) is 9.54. The maximum atomic E-state index is 13.0. The molecule has 0 saturated carbocycles. The number of rotatable bonds is 4. The van der Waals surface area contributed by atoms with E-state index in [4.69, 9.17) is 5.73 Å². The van der Waals surface area contributed by atoms with Crippen molar-refractivity contribution < 1.29 is 9.18 Å². The summed E-state index contributed by atoms with van der Waals surface area (Å²) < 4.78 is 13.0. The number of anilines is 2. The molecule has 2 rings (SSSR count). The van der Waals surface area contributed by atoms with Gasteiger partial charge < -0.3 is 11.1 Å². The minimum atomic E-state index is -0.484. The van der Waals surface area contributed by atoms with Crippen LogP contribution in [0.3, 0.4) is 0 Å². The third kappa shape index (κ3) is 3.82. The Balaban J connectivity index is 1.89. The topological polar surface area (TPSA) is 55.1 Å². The Morgan fingerprint density at radius 2 is 1.90 bits per heavy atom. The lowest BCUT2D eigenvalue weighted by atomic mass is 10.1. The van der Waals surface area contributed by atoms with Crippen LogP contribution in [0.15, 0.2) is 42.5 Å². The van der Waals surface area contributed by atoms with Gasteiger partial charge in [-0.05, 0) is 37.1 Å². The average molecular weight is 272 g/mol. The largest absolute Gasteiger partial charge is 0.396 e. The molecular weight excluding hydrogens is 255 g/mol. The second-order valence-corrected chi connectivity index (χ2v) is 4.77. The van der Waals surface area contributed by atoms with Gasteiger partial charge >= 0.3 is 0 Å². The molecule has 0 aromatic heterocycles. The zero-order chi connectivity index (χ0) is 14.5. The van der Waals surface area contributed by atoms with E-state index in [-0.39, 0.29) is 11.6 Å². The molecule has 2 aromatic carbocycles.